The Labute approximate surface area is 171 Å². The van der Waals surface area contributed by atoms with Gasteiger partial charge in [0.15, 0.2) is 0 Å². The number of nitrogens with one attached hydrogen (secondary N) is 2. The number of hydrogen-bond acceptors (Lipinski definition) is 5. The maximum absolute atomic E-state index is 12.8. The van der Waals surface area contributed by atoms with Crippen molar-refractivity contribution in [3.63, 3.8) is 0 Å². The molecule has 3 aromatic rings. The Morgan fingerprint density at radius 3 is 2.66 bits per heavy atom. The number of carbonyl (C=O) groups is 1. The molecule has 29 heavy (non-hydrogen) atoms. The molecule has 0 saturated heterocycles. The van der Waals surface area contributed by atoms with E-state index in [1.54, 1.807) is 19.4 Å². The van der Waals surface area contributed by atoms with E-state index in [0.29, 0.717) is 24.1 Å². The van der Waals surface area contributed by atoms with Gasteiger partial charge in [-0.1, -0.05) is 50.2 Å². The second-order valence-electron chi connectivity index (χ2n) is 7.08. The number of anilines is 2. The molecule has 2 N–H and O–H groups in total. The molecule has 0 bridgehead atoms. The lowest BCUT2D eigenvalue weighted by atomic mass is 9.98. The quantitative estimate of drug-likeness (QED) is 0.607. The summed E-state index contributed by atoms with van der Waals surface area (Å²) < 4.78 is 5.36. The first-order chi connectivity index (χ1) is 14.0. The van der Waals surface area contributed by atoms with Crippen molar-refractivity contribution in [2.75, 3.05) is 17.7 Å². The van der Waals surface area contributed by atoms with Gasteiger partial charge in [-0.25, -0.2) is 9.97 Å². The van der Waals surface area contributed by atoms with Gasteiger partial charge in [0, 0.05) is 24.0 Å². The van der Waals surface area contributed by atoms with Crippen LogP contribution in [0.1, 0.15) is 46.9 Å². The van der Waals surface area contributed by atoms with E-state index in [1.807, 2.05) is 49.4 Å². The van der Waals surface area contributed by atoms with E-state index >= 15 is 0 Å². The Balaban J connectivity index is 1.75. The zero-order chi connectivity index (χ0) is 20.8. The van der Waals surface area contributed by atoms with E-state index in [2.05, 4.69) is 34.4 Å². The SMILES string of the molecule is COc1ccccc1CNc1nccc(C(=O)Nc2c(C)cccc2C(C)C)n1. The van der Waals surface area contributed by atoms with Crippen LogP contribution in [0.2, 0.25) is 0 Å². The molecule has 2 aromatic carbocycles. The summed E-state index contributed by atoms with van der Waals surface area (Å²) >= 11 is 0. The van der Waals surface area contributed by atoms with Crippen molar-refractivity contribution in [3.8, 4) is 5.75 Å². The minimum absolute atomic E-state index is 0.260. The van der Waals surface area contributed by atoms with Crippen LogP contribution in [-0.4, -0.2) is 23.0 Å². The fourth-order valence-corrected chi connectivity index (χ4v) is 3.11. The first-order valence-electron chi connectivity index (χ1n) is 9.59. The molecule has 1 amide bonds. The molecule has 0 saturated carbocycles. The number of methoxy groups -OCH3 is 1. The van der Waals surface area contributed by atoms with Gasteiger partial charge < -0.3 is 15.4 Å². The van der Waals surface area contributed by atoms with Crippen molar-refractivity contribution in [2.24, 2.45) is 0 Å². The standard InChI is InChI=1S/C23H26N4O2/c1-15(2)18-10-7-8-16(3)21(18)27-22(28)19-12-13-24-23(26-19)25-14-17-9-5-6-11-20(17)29-4/h5-13,15H,14H2,1-4H3,(H,27,28)(H,24,25,26). The van der Waals surface area contributed by atoms with Gasteiger partial charge in [0.25, 0.3) is 5.91 Å². The van der Waals surface area contributed by atoms with Crippen LogP contribution in [-0.2, 0) is 6.54 Å². The lowest BCUT2D eigenvalue weighted by Crippen LogP contribution is -2.17. The summed E-state index contributed by atoms with van der Waals surface area (Å²) in [6, 6.07) is 15.4. The third kappa shape index (κ3) is 4.90. The Kier molecular flexibility index (Phi) is 6.44. The topological polar surface area (TPSA) is 76.1 Å². The Bertz CT molecular complexity index is 1000. The summed E-state index contributed by atoms with van der Waals surface area (Å²) in [5.41, 5.74) is 4.25. The van der Waals surface area contributed by atoms with E-state index in [1.165, 1.54) is 0 Å². The van der Waals surface area contributed by atoms with Gasteiger partial charge in [0.1, 0.15) is 11.4 Å². The molecule has 1 aromatic heterocycles. The maximum atomic E-state index is 12.8. The average Bonchev–Trinajstić information content (AvgIpc) is 2.73. The first-order valence-corrected chi connectivity index (χ1v) is 9.59. The Morgan fingerprint density at radius 1 is 1.10 bits per heavy atom. The third-order valence-corrected chi connectivity index (χ3v) is 4.68. The molecule has 6 nitrogen and oxygen atoms in total. The molecule has 1 heterocycles. The van der Waals surface area contributed by atoms with Gasteiger partial charge in [-0.2, -0.15) is 0 Å². The minimum Gasteiger partial charge on any atom is -0.496 e. The van der Waals surface area contributed by atoms with Gasteiger partial charge in [-0.3, -0.25) is 4.79 Å². The van der Waals surface area contributed by atoms with Crippen molar-refractivity contribution in [1.29, 1.82) is 0 Å². The van der Waals surface area contributed by atoms with Crippen LogP contribution in [0.3, 0.4) is 0 Å². The number of nitrogens with zero attached hydrogens (tertiary/aromatic N) is 2. The van der Waals surface area contributed by atoms with Crippen molar-refractivity contribution < 1.29 is 9.53 Å². The van der Waals surface area contributed by atoms with Crippen molar-refractivity contribution in [2.45, 2.75) is 33.2 Å². The highest BCUT2D eigenvalue weighted by atomic mass is 16.5. The first kappa shape index (κ1) is 20.3. The second kappa shape index (κ2) is 9.19. The highest BCUT2D eigenvalue weighted by Crippen LogP contribution is 2.27. The molecular formula is C23H26N4O2. The molecule has 3 rings (SSSR count). The summed E-state index contributed by atoms with van der Waals surface area (Å²) in [7, 11) is 1.64. The summed E-state index contributed by atoms with van der Waals surface area (Å²) in [5, 5.41) is 6.17. The Hall–Kier alpha value is -3.41. The summed E-state index contributed by atoms with van der Waals surface area (Å²) in [6.45, 7) is 6.69. The van der Waals surface area contributed by atoms with Gasteiger partial charge in [0.05, 0.1) is 7.11 Å². The normalized spacial score (nSPS) is 10.7. The van der Waals surface area contributed by atoms with Gasteiger partial charge in [0.2, 0.25) is 5.95 Å². The molecule has 0 aliphatic rings. The molecule has 150 valence electrons. The van der Waals surface area contributed by atoms with E-state index in [9.17, 15) is 4.79 Å². The van der Waals surface area contributed by atoms with Gasteiger partial charge in [-0.05, 0) is 36.1 Å². The van der Waals surface area contributed by atoms with Crippen molar-refractivity contribution in [1.82, 2.24) is 9.97 Å². The molecule has 0 unspecified atom stereocenters. The van der Waals surface area contributed by atoms with E-state index in [-0.39, 0.29) is 5.91 Å². The number of carbonyl (C=O) groups excluding carboxylic acids is 1. The highest BCUT2D eigenvalue weighted by Gasteiger charge is 2.15. The number of aromatic nitrogens is 2. The number of para-hydroxylation sites is 2. The van der Waals surface area contributed by atoms with Crippen LogP contribution < -0.4 is 15.4 Å². The molecule has 0 radical (unpaired) electrons. The lowest BCUT2D eigenvalue weighted by molar-refractivity contribution is 0.102. The monoisotopic (exact) mass is 390 g/mol. The van der Waals surface area contributed by atoms with Crippen LogP contribution in [0.25, 0.3) is 0 Å². The Morgan fingerprint density at radius 2 is 1.90 bits per heavy atom. The van der Waals surface area contributed by atoms with Crippen molar-refractivity contribution in [3.05, 3.63) is 77.1 Å². The largest absolute Gasteiger partial charge is 0.496 e. The van der Waals surface area contributed by atoms with Gasteiger partial charge >= 0.3 is 0 Å². The van der Waals surface area contributed by atoms with E-state index in [4.69, 9.17) is 4.74 Å². The second-order valence-corrected chi connectivity index (χ2v) is 7.08. The number of rotatable bonds is 7. The van der Waals surface area contributed by atoms with Crippen LogP contribution >= 0.6 is 0 Å². The maximum Gasteiger partial charge on any atom is 0.274 e. The minimum atomic E-state index is -0.260. The zero-order valence-corrected chi connectivity index (χ0v) is 17.2. The van der Waals surface area contributed by atoms with E-state index in [0.717, 1.165) is 28.1 Å². The highest BCUT2D eigenvalue weighted by molar-refractivity contribution is 6.03. The number of benzene rings is 2. The molecular weight excluding hydrogens is 364 g/mol. The molecule has 0 aliphatic carbocycles. The fraction of sp³-hybridized carbons (Fsp3) is 0.261. The molecule has 0 aliphatic heterocycles. The third-order valence-electron chi connectivity index (χ3n) is 4.68. The van der Waals surface area contributed by atoms with Crippen LogP contribution in [0.15, 0.2) is 54.7 Å². The van der Waals surface area contributed by atoms with Crippen LogP contribution in [0.5, 0.6) is 5.75 Å². The van der Waals surface area contributed by atoms with Gasteiger partial charge in [-0.15, -0.1) is 0 Å². The molecule has 6 heteroatoms. The number of ether oxygens (including phenoxy) is 1. The lowest BCUT2D eigenvalue weighted by Gasteiger charge is -2.16. The average molecular weight is 390 g/mol. The summed E-state index contributed by atoms with van der Waals surface area (Å²) in [5.74, 6) is 1.21. The molecule has 0 spiro atoms. The van der Waals surface area contributed by atoms with Crippen LogP contribution in [0, 0.1) is 6.92 Å². The van der Waals surface area contributed by atoms with E-state index < -0.39 is 0 Å². The van der Waals surface area contributed by atoms with Crippen molar-refractivity contribution >= 4 is 17.5 Å². The van der Waals surface area contributed by atoms with Crippen LogP contribution in [0.4, 0.5) is 11.6 Å². The number of hydrogen-bond donors (Lipinski definition) is 2. The number of amides is 1. The number of aryl methyl sites for hydroxylation is 1. The summed E-state index contributed by atoms with van der Waals surface area (Å²) in [4.78, 5) is 21.4. The predicted octanol–water partition coefficient (Wildman–Crippen LogP) is 4.78. The smallest absolute Gasteiger partial charge is 0.274 e. The predicted molar refractivity (Wildman–Crippen MR) is 116 cm³/mol. The summed E-state index contributed by atoms with van der Waals surface area (Å²) in [6.07, 6.45) is 1.58. The molecule has 0 atom stereocenters. The fourth-order valence-electron chi connectivity index (χ4n) is 3.11. The zero-order valence-electron chi connectivity index (χ0n) is 17.2. The molecule has 0 fully saturated rings.